The van der Waals surface area contributed by atoms with E-state index < -0.39 is 0 Å². The molecule has 1 amide bonds. The average Bonchev–Trinajstić information content (AvgIpc) is 3.11. The molecule has 1 saturated heterocycles. The molecule has 1 aliphatic heterocycles. The molecule has 0 radical (unpaired) electrons. The third kappa shape index (κ3) is 3.70. The van der Waals surface area contributed by atoms with Crippen LogP contribution in [-0.4, -0.2) is 63.1 Å². The van der Waals surface area contributed by atoms with E-state index in [1.807, 2.05) is 41.1 Å². The zero-order valence-corrected chi connectivity index (χ0v) is 15.0. The summed E-state index contributed by atoms with van der Waals surface area (Å²) in [5.74, 6) is -0.0815. The second-order valence-corrected chi connectivity index (χ2v) is 6.66. The first-order chi connectivity index (χ1) is 13.3. The lowest BCUT2D eigenvalue weighted by atomic mass is 10.1. The summed E-state index contributed by atoms with van der Waals surface area (Å²) < 4.78 is 7.28. The summed E-state index contributed by atoms with van der Waals surface area (Å²) in [7, 11) is 0. The third-order valence-corrected chi connectivity index (χ3v) is 4.85. The molecule has 3 aromatic rings. The van der Waals surface area contributed by atoms with Crippen molar-refractivity contribution in [3.05, 3.63) is 59.9 Å². The van der Waals surface area contributed by atoms with Gasteiger partial charge in [-0.3, -0.25) is 4.79 Å². The molecule has 0 unspecified atom stereocenters. The number of aliphatic hydroxyl groups excluding tert-OH is 1. The first-order valence-corrected chi connectivity index (χ1v) is 9.11. The topological polar surface area (TPSA) is 80.5 Å². The van der Waals surface area contributed by atoms with Gasteiger partial charge in [0.15, 0.2) is 5.65 Å². The third-order valence-electron chi connectivity index (χ3n) is 4.85. The number of fused-ring (bicyclic) bond motifs is 1. The first kappa shape index (κ1) is 17.6. The number of benzene rings is 1. The normalized spacial score (nSPS) is 17.4. The second kappa shape index (κ2) is 7.85. The van der Waals surface area contributed by atoms with Gasteiger partial charge in [-0.2, -0.15) is 5.10 Å². The van der Waals surface area contributed by atoms with Crippen molar-refractivity contribution in [2.24, 2.45) is 0 Å². The maximum Gasteiger partial charge on any atom is 0.255 e. The highest BCUT2D eigenvalue weighted by molar-refractivity contribution is 5.97. The zero-order valence-electron chi connectivity index (χ0n) is 15.0. The molecule has 1 N–H and O–H groups in total. The quantitative estimate of drug-likeness (QED) is 0.743. The molecular formula is C20H22N4O3. The molecule has 1 aliphatic rings. The predicted octanol–water partition coefficient (Wildman–Crippen LogP) is 1.70. The van der Waals surface area contributed by atoms with Crippen LogP contribution in [0.2, 0.25) is 0 Å². The van der Waals surface area contributed by atoms with Crippen LogP contribution in [0.25, 0.3) is 11.0 Å². The number of hydrogen-bond acceptors (Lipinski definition) is 5. The van der Waals surface area contributed by atoms with E-state index in [0.29, 0.717) is 38.3 Å². The van der Waals surface area contributed by atoms with Crippen molar-refractivity contribution in [1.82, 2.24) is 19.7 Å². The number of aromatic nitrogens is 3. The van der Waals surface area contributed by atoms with Gasteiger partial charge in [0.05, 0.1) is 37.6 Å². The molecule has 0 bridgehead atoms. The van der Waals surface area contributed by atoms with Crippen molar-refractivity contribution in [2.45, 2.75) is 19.0 Å². The molecule has 0 spiro atoms. The molecule has 0 saturated carbocycles. The molecule has 140 valence electrons. The number of aliphatic hydroxyl groups is 1. The van der Waals surface area contributed by atoms with Crippen molar-refractivity contribution < 1.29 is 14.6 Å². The van der Waals surface area contributed by atoms with Gasteiger partial charge >= 0.3 is 0 Å². The Labute approximate surface area is 157 Å². The number of rotatable bonds is 5. The molecule has 4 rings (SSSR count). The summed E-state index contributed by atoms with van der Waals surface area (Å²) in [4.78, 5) is 19.2. The minimum absolute atomic E-state index is 0.0291. The van der Waals surface area contributed by atoms with E-state index in [0.717, 1.165) is 16.6 Å². The number of hydrogen-bond donors (Lipinski definition) is 1. The Kier molecular flexibility index (Phi) is 5.13. The van der Waals surface area contributed by atoms with Gasteiger partial charge in [0.25, 0.3) is 5.91 Å². The fourth-order valence-electron chi connectivity index (χ4n) is 3.44. The van der Waals surface area contributed by atoms with E-state index >= 15 is 0 Å². The van der Waals surface area contributed by atoms with Gasteiger partial charge in [0.2, 0.25) is 0 Å². The standard InChI is InChI=1S/C20H22N4O3/c25-8-6-18-14-27-9-7-23(18)20(26)17-10-16-12-22-24(19(16)21-11-17)13-15-4-2-1-3-5-15/h1-5,10-12,18,25H,6-9,13-14H2/t18-/m1/s1. The van der Waals surface area contributed by atoms with E-state index in [1.54, 1.807) is 17.3 Å². The van der Waals surface area contributed by atoms with Gasteiger partial charge < -0.3 is 14.7 Å². The molecule has 1 atom stereocenters. The molecule has 0 aliphatic carbocycles. The van der Waals surface area contributed by atoms with Crippen molar-refractivity contribution >= 4 is 16.9 Å². The van der Waals surface area contributed by atoms with Crippen LogP contribution in [-0.2, 0) is 11.3 Å². The number of carbonyl (C=O) groups excluding carboxylic acids is 1. The maximum atomic E-state index is 12.9. The summed E-state index contributed by atoms with van der Waals surface area (Å²) in [6, 6.07) is 11.8. The zero-order chi connectivity index (χ0) is 18.6. The smallest absolute Gasteiger partial charge is 0.255 e. The highest BCUT2D eigenvalue weighted by atomic mass is 16.5. The number of ether oxygens (including phenoxy) is 1. The summed E-state index contributed by atoms with van der Waals surface area (Å²) >= 11 is 0. The molecule has 7 nitrogen and oxygen atoms in total. The van der Waals surface area contributed by atoms with Gasteiger partial charge in [0.1, 0.15) is 0 Å². The maximum absolute atomic E-state index is 12.9. The molecule has 3 heterocycles. The Balaban J connectivity index is 1.57. The van der Waals surface area contributed by atoms with E-state index in [9.17, 15) is 9.90 Å². The van der Waals surface area contributed by atoms with Gasteiger partial charge in [-0.25, -0.2) is 9.67 Å². The highest BCUT2D eigenvalue weighted by Crippen LogP contribution is 2.19. The highest BCUT2D eigenvalue weighted by Gasteiger charge is 2.28. The lowest BCUT2D eigenvalue weighted by Crippen LogP contribution is -2.49. The Bertz CT molecular complexity index is 923. The second-order valence-electron chi connectivity index (χ2n) is 6.66. The van der Waals surface area contributed by atoms with Gasteiger partial charge in [-0.15, -0.1) is 0 Å². The number of nitrogens with zero attached hydrogens (tertiary/aromatic N) is 4. The van der Waals surface area contributed by atoms with Crippen molar-refractivity contribution in [2.75, 3.05) is 26.4 Å². The molecule has 7 heteroatoms. The van der Waals surface area contributed by atoms with Crippen LogP contribution in [0, 0.1) is 0 Å². The van der Waals surface area contributed by atoms with E-state index in [-0.39, 0.29) is 18.6 Å². The molecule has 1 fully saturated rings. The van der Waals surface area contributed by atoms with E-state index in [4.69, 9.17) is 4.74 Å². The Morgan fingerprint density at radius 2 is 2.11 bits per heavy atom. The molecule has 27 heavy (non-hydrogen) atoms. The first-order valence-electron chi connectivity index (χ1n) is 9.11. The molecule has 2 aromatic heterocycles. The fraction of sp³-hybridized carbons (Fsp3) is 0.350. The Morgan fingerprint density at radius 3 is 2.93 bits per heavy atom. The summed E-state index contributed by atoms with van der Waals surface area (Å²) in [5, 5.41) is 14.5. The number of pyridine rings is 1. The summed E-state index contributed by atoms with van der Waals surface area (Å²) in [6.45, 7) is 2.15. The van der Waals surface area contributed by atoms with Gasteiger partial charge in [-0.1, -0.05) is 30.3 Å². The number of amides is 1. The van der Waals surface area contributed by atoms with Crippen LogP contribution in [0.4, 0.5) is 0 Å². The SMILES string of the molecule is O=C(c1cnc2c(cnn2Cc2ccccc2)c1)N1CCOC[C@H]1CCO. The largest absolute Gasteiger partial charge is 0.396 e. The Morgan fingerprint density at radius 1 is 1.26 bits per heavy atom. The lowest BCUT2D eigenvalue weighted by Gasteiger charge is -2.35. The lowest BCUT2D eigenvalue weighted by molar-refractivity contribution is -0.00830. The monoisotopic (exact) mass is 366 g/mol. The summed E-state index contributed by atoms with van der Waals surface area (Å²) in [5.41, 5.74) is 2.43. The van der Waals surface area contributed by atoms with Crippen molar-refractivity contribution in [3.63, 3.8) is 0 Å². The molecule has 1 aromatic carbocycles. The minimum atomic E-state index is -0.104. The van der Waals surface area contributed by atoms with Crippen LogP contribution in [0.5, 0.6) is 0 Å². The van der Waals surface area contributed by atoms with Gasteiger partial charge in [0, 0.05) is 24.7 Å². The average molecular weight is 366 g/mol. The fourth-order valence-corrected chi connectivity index (χ4v) is 3.44. The van der Waals surface area contributed by atoms with Gasteiger partial charge in [-0.05, 0) is 18.1 Å². The Hall–Kier alpha value is -2.77. The molecular weight excluding hydrogens is 344 g/mol. The minimum Gasteiger partial charge on any atom is -0.396 e. The van der Waals surface area contributed by atoms with Crippen molar-refractivity contribution in [3.8, 4) is 0 Å². The van der Waals surface area contributed by atoms with E-state index in [1.165, 1.54) is 0 Å². The van der Waals surface area contributed by atoms with Crippen LogP contribution in [0.3, 0.4) is 0 Å². The van der Waals surface area contributed by atoms with Crippen LogP contribution in [0.1, 0.15) is 22.3 Å². The van der Waals surface area contributed by atoms with Crippen molar-refractivity contribution in [1.29, 1.82) is 0 Å². The van der Waals surface area contributed by atoms with E-state index in [2.05, 4.69) is 10.1 Å². The number of carbonyl (C=O) groups is 1. The number of morpholine rings is 1. The summed E-state index contributed by atoms with van der Waals surface area (Å²) in [6.07, 6.45) is 3.86. The van der Waals surface area contributed by atoms with Crippen LogP contribution < -0.4 is 0 Å². The predicted molar refractivity (Wildman–Crippen MR) is 100 cm³/mol. The van der Waals surface area contributed by atoms with Crippen LogP contribution >= 0.6 is 0 Å². The van der Waals surface area contributed by atoms with Crippen LogP contribution in [0.15, 0.2) is 48.8 Å².